The first-order chi connectivity index (χ1) is 8.72. The normalized spacial score (nSPS) is 9.72. The minimum absolute atomic E-state index is 0.0347. The molecule has 5 heteroatoms. The Morgan fingerprint density at radius 3 is 2.83 bits per heavy atom. The lowest BCUT2D eigenvalue weighted by Gasteiger charge is -2.20. The standard InChI is InChI=1S/C13H17NO3S/c1-2-5-14(6-8-16)13(17)11-9-12(18-10-11)4-3-7-15/h9-10,15-16H,2,5-8H2,1H3. The molecule has 0 aromatic carbocycles. The smallest absolute Gasteiger partial charge is 0.254 e. The minimum Gasteiger partial charge on any atom is -0.395 e. The summed E-state index contributed by atoms with van der Waals surface area (Å²) in [5.74, 6) is 5.23. The van der Waals surface area contributed by atoms with Crippen LogP contribution in [0.5, 0.6) is 0 Å². The van der Waals surface area contributed by atoms with Crippen molar-refractivity contribution in [1.82, 2.24) is 4.90 Å². The van der Waals surface area contributed by atoms with Crippen molar-refractivity contribution in [3.05, 3.63) is 21.9 Å². The molecule has 1 aromatic rings. The number of aliphatic hydroxyl groups excluding tert-OH is 2. The molecule has 18 heavy (non-hydrogen) atoms. The first-order valence-electron chi connectivity index (χ1n) is 5.81. The molecule has 98 valence electrons. The van der Waals surface area contributed by atoms with E-state index >= 15 is 0 Å². The Hall–Kier alpha value is -1.35. The number of carbonyl (C=O) groups excluding carboxylic acids is 1. The van der Waals surface area contributed by atoms with Gasteiger partial charge in [0.05, 0.1) is 17.0 Å². The lowest BCUT2D eigenvalue weighted by molar-refractivity contribution is 0.0722. The highest BCUT2D eigenvalue weighted by atomic mass is 32.1. The van der Waals surface area contributed by atoms with Crippen LogP contribution in [-0.2, 0) is 0 Å². The molecule has 0 aliphatic carbocycles. The Kier molecular flexibility index (Phi) is 6.44. The van der Waals surface area contributed by atoms with Gasteiger partial charge in [-0.1, -0.05) is 18.8 Å². The second-order valence-electron chi connectivity index (χ2n) is 3.68. The predicted octanol–water partition coefficient (Wildman–Crippen LogP) is 0.936. The van der Waals surface area contributed by atoms with E-state index in [0.717, 1.165) is 11.3 Å². The van der Waals surface area contributed by atoms with E-state index in [1.165, 1.54) is 11.3 Å². The van der Waals surface area contributed by atoms with E-state index in [4.69, 9.17) is 10.2 Å². The Balaban J connectivity index is 2.78. The van der Waals surface area contributed by atoms with Crippen molar-refractivity contribution >= 4 is 17.2 Å². The summed E-state index contributed by atoms with van der Waals surface area (Å²) in [6, 6.07) is 1.72. The molecule has 0 saturated heterocycles. The molecule has 2 N–H and O–H groups in total. The Morgan fingerprint density at radius 1 is 1.44 bits per heavy atom. The molecule has 0 radical (unpaired) electrons. The SMILES string of the molecule is CCCN(CCO)C(=O)c1csc(C#CCO)c1. The van der Waals surface area contributed by atoms with Gasteiger partial charge in [0, 0.05) is 18.5 Å². The van der Waals surface area contributed by atoms with Crippen LogP contribution < -0.4 is 0 Å². The summed E-state index contributed by atoms with van der Waals surface area (Å²) in [5.41, 5.74) is 0.587. The minimum atomic E-state index is -0.187. The van der Waals surface area contributed by atoms with Crippen molar-refractivity contribution in [2.45, 2.75) is 13.3 Å². The first-order valence-corrected chi connectivity index (χ1v) is 6.69. The van der Waals surface area contributed by atoms with Gasteiger partial charge in [0.2, 0.25) is 0 Å². The second-order valence-corrected chi connectivity index (χ2v) is 4.59. The lowest BCUT2D eigenvalue weighted by atomic mass is 10.2. The van der Waals surface area contributed by atoms with E-state index in [9.17, 15) is 4.79 Å². The zero-order chi connectivity index (χ0) is 13.4. The van der Waals surface area contributed by atoms with Crippen LogP contribution in [0.1, 0.15) is 28.6 Å². The third-order valence-corrected chi connectivity index (χ3v) is 3.13. The van der Waals surface area contributed by atoms with Crippen LogP contribution in [-0.4, -0.2) is 47.3 Å². The third kappa shape index (κ3) is 4.15. The number of aliphatic hydroxyl groups is 2. The summed E-state index contributed by atoms with van der Waals surface area (Å²) in [5, 5.41) is 19.3. The Labute approximate surface area is 111 Å². The fraction of sp³-hybridized carbons (Fsp3) is 0.462. The van der Waals surface area contributed by atoms with E-state index in [0.29, 0.717) is 18.7 Å². The van der Waals surface area contributed by atoms with Gasteiger partial charge in [-0.3, -0.25) is 4.79 Å². The molecule has 1 heterocycles. The number of thiophene rings is 1. The van der Waals surface area contributed by atoms with E-state index in [-0.39, 0.29) is 19.1 Å². The zero-order valence-electron chi connectivity index (χ0n) is 10.3. The third-order valence-electron chi connectivity index (χ3n) is 2.29. The summed E-state index contributed by atoms with van der Waals surface area (Å²) in [7, 11) is 0. The van der Waals surface area contributed by atoms with Crippen LogP contribution in [0.4, 0.5) is 0 Å². The highest BCUT2D eigenvalue weighted by Crippen LogP contribution is 2.15. The van der Waals surface area contributed by atoms with E-state index in [1.54, 1.807) is 16.3 Å². The van der Waals surface area contributed by atoms with Crippen LogP contribution in [0, 0.1) is 11.8 Å². The van der Waals surface area contributed by atoms with Gasteiger partial charge in [0.1, 0.15) is 6.61 Å². The van der Waals surface area contributed by atoms with Crippen LogP contribution in [0.2, 0.25) is 0 Å². The summed E-state index contributed by atoms with van der Waals surface area (Å²) in [4.78, 5) is 14.5. The van der Waals surface area contributed by atoms with Gasteiger partial charge < -0.3 is 15.1 Å². The number of carbonyl (C=O) groups is 1. The number of hydrogen-bond acceptors (Lipinski definition) is 4. The maximum absolute atomic E-state index is 12.1. The van der Waals surface area contributed by atoms with Gasteiger partial charge in [-0.05, 0) is 12.5 Å². The molecule has 0 fully saturated rings. The number of amides is 1. The maximum atomic E-state index is 12.1. The monoisotopic (exact) mass is 267 g/mol. The van der Waals surface area contributed by atoms with Gasteiger partial charge in [-0.2, -0.15) is 0 Å². The van der Waals surface area contributed by atoms with Gasteiger partial charge in [0.25, 0.3) is 5.91 Å². The van der Waals surface area contributed by atoms with Crippen LogP contribution in [0.3, 0.4) is 0 Å². The van der Waals surface area contributed by atoms with Crippen molar-refractivity contribution in [2.24, 2.45) is 0 Å². The number of rotatable bonds is 5. The van der Waals surface area contributed by atoms with Crippen LogP contribution in [0.15, 0.2) is 11.4 Å². The van der Waals surface area contributed by atoms with Gasteiger partial charge in [0.15, 0.2) is 0 Å². The van der Waals surface area contributed by atoms with Crippen molar-refractivity contribution < 1.29 is 15.0 Å². The van der Waals surface area contributed by atoms with Gasteiger partial charge in [-0.15, -0.1) is 11.3 Å². The fourth-order valence-electron chi connectivity index (χ4n) is 1.53. The molecule has 1 amide bonds. The van der Waals surface area contributed by atoms with Crippen molar-refractivity contribution in [3.8, 4) is 11.8 Å². The Morgan fingerprint density at radius 2 is 2.22 bits per heavy atom. The molecule has 0 saturated carbocycles. The van der Waals surface area contributed by atoms with Crippen molar-refractivity contribution in [3.63, 3.8) is 0 Å². The Bertz CT molecular complexity index is 439. The number of nitrogens with zero attached hydrogens (tertiary/aromatic N) is 1. The fourth-order valence-corrected chi connectivity index (χ4v) is 2.28. The summed E-state index contributed by atoms with van der Waals surface area (Å²) in [6.45, 7) is 2.75. The van der Waals surface area contributed by atoms with Crippen LogP contribution >= 0.6 is 11.3 Å². The molecule has 1 aromatic heterocycles. The molecule has 0 unspecified atom stereocenters. The molecule has 0 atom stereocenters. The van der Waals surface area contributed by atoms with Crippen molar-refractivity contribution in [1.29, 1.82) is 0 Å². The molecule has 1 rings (SSSR count). The topological polar surface area (TPSA) is 60.8 Å². The highest BCUT2D eigenvalue weighted by Gasteiger charge is 2.15. The largest absolute Gasteiger partial charge is 0.395 e. The molecule has 4 nitrogen and oxygen atoms in total. The second kappa shape index (κ2) is 7.88. The van der Waals surface area contributed by atoms with Gasteiger partial charge >= 0.3 is 0 Å². The first kappa shape index (κ1) is 14.7. The quantitative estimate of drug-likeness (QED) is 0.780. The van der Waals surface area contributed by atoms with E-state index in [1.807, 2.05) is 6.92 Å². The average Bonchev–Trinajstić information content (AvgIpc) is 2.84. The van der Waals surface area contributed by atoms with Crippen LogP contribution in [0.25, 0.3) is 0 Å². The van der Waals surface area contributed by atoms with E-state index < -0.39 is 0 Å². The van der Waals surface area contributed by atoms with E-state index in [2.05, 4.69) is 11.8 Å². The summed E-state index contributed by atoms with van der Waals surface area (Å²) >= 11 is 1.38. The molecule has 0 spiro atoms. The average molecular weight is 267 g/mol. The summed E-state index contributed by atoms with van der Waals surface area (Å²) < 4.78 is 0. The lowest BCUT2D eigenvalue weighted by Crippen LogP contribution is -2.33. The van der Waals surface area contributed by atoms with Gasteiger partial charge in [-0.25, -0.2) is 0 Å². The van der Waals surface area contributed by atoms with Crippen molar-refractivity contribution in [2.75, 3.05) is 26.3 Å². The predicted molar refractivity (Wildman–Crippen MR) is 71.6 cm³/mol. The number of hydrogen-bond donors (Lipinski definition) is 2. The maximum Gasteiger partial charge on any atom is 0.254 e. The zero-order valence-corrected chi connectivity index (χ0v) is 11.2. The molecule has 0 aliphatic rings. The molecular weight excluding hydrogens is 250 g/mol. The molecular formula is C13H17NO3S. The molecule has 0 bridgehead atoms. The highest BCUT2D eigenvalue weighted by molar-refractivity contribution is 7.10. The summed E-state index contributed by atoms with van der Waals surface area (Å²) in [6.07, 6.45) is 0.854. The molecule has 0 aliphatic heterocycles.